The van der Waals surface area contributed by atoms with Crippen LogP contribution in [0.15, 0.2) is 36.5 Å². The molecule has 0 atom stereocenters. The molecule has 1 saturated heterocycles. The number of halogens is 1. The fraction of sp³-hybridized carbons (Fsp3) is 0.238. The van der Waals surface area contributed by atoms with Gasteiger partial charge in [-0.2, -0.15) is 0 Å². The Morgan fingerprint density at radius 1 is 1.21 bits per heavy atom. The maximum absolute atomic E-state index is 12.8. The standard InChI is InChI=1S/C21H20ClN5O2/c1-12-11-23-18-15(19(12)27-8-7-26(3)21(27)29)5-4-6-16(18)25-20(28)14-9-13(2)24-17(22)10-14/h4-6,9-11H,7-8H2,1-3H3,(H,25,28). The summed E-state index contributed by atoms with van der Waals surface area (Å²) in [6.07, 6.45) is 1.73. The predicted octanol–water partition coefficient (Wildman–Crippen LogP) is 4.02. The van der Waals surface area contributed by atoms with E-state index < -0.39 is 0 Å². The predicted molar refractivity (Wildman–Crippen MR) is 114 cm³/mol. The molecule has 1 aliphatic rings. The third-order valence-electron chi connectivity index (χ3n) is 4.97. The molecule has 2 aromatic heterocycles. The van der Waals surface area contributed by atoms with E-state index in [4.69, 9.17) is 11.6 Å². The molecule has 3 heterocycles. The Morgan fingerprint density at radius 3 is 2.69 bits per heavy atom. The molecule has 0 aliphatic carbocycles. The van der Waals surface area contributed by atoms with Gasteiger partial charge in [0.2, 0.25) is 0 Å². The largest absolute Gasteiger partial charge is 0.326 e. The second-order valence-corrected chi connectivity index (χ2v) is 7.51. The van der Waals surface area contributed by atoms with Crippen LogP contribution in [-0.2, 0) is 0 Å². The SMILES string of the molecule is Cc1cc(C(=O)Nc2cccc3c(N4CCN(C)C4=O)c(C)cnc23)cc(Cl)n1. The highest BCUT2D eigenvalue weighted by Crippen LogP contribution is 2.34. The topological polar surface area (TPSA) is 78.4 Å². The molecule has 29 heavy (non-hydrogen) atoms. The van der Waals surface area contributed by atoms with E-state index in [-0.39, 0.29) is 17.1 Å². The van der Waals surface area contributed by atoms with Gasteiger partial charge >= 0.3 is 6.03 Å². The number of anilines is 2. The van der Waals surface area contributed by atoms with Crippen LogP contribution in [0, 0.1) is 13.8 Å². The first-order valence-corrected chi connectivity index (χ1v) is 9.59. The Kier molecular flexibility index (Phi) is 4.84. The molecule has 148 valence electrons. The number of pyridine rings is 2. The molecule has 0 unspecified atom stereocenters. The van der Waals surface area contributed by atoms with Crippen LogP contribution in [0.1, 0.15) is 21.6 Å². The third kappa shape index (κ3) is 3.49. The van der Waals surface area contributed by atoms with Gasteiger partial charge in [0.05, 0.1) is 16.9 Å². The summed E-state index contributed by atoms with van der Waals surface area (Å²) in [4.78, 5) is 37.4. The molecule has 0 saturated carbocycles. The maximum Gasteiger partial charge on any atom is 0.324 e. The number of rotatable bonds is 3. The molecule has 0 spiro atoms. The van der Waals surface area contributed by atoms with E-state index in [0.717, 1.165) is 16.6 Å². The lowest BCUT2D eigenvalue weighted by atomic mass is 10.1. The van der Waals surface area contributed by atoms with Crippen LogP contribution >= 0.6 is 11.6 Å². The molecule has 1 N–H and O–H groups in total. The van der Waals surface area contributed by atoms with E-state index in [0.29, 0.717) is 35.6 Å². The van der Waals surface area contributed by atoms with Crippen molar-refractivity contribution < 1.29 is 9.59 Å². The van der Waals surface area contributed by atoms with Crippen LogP contribution in [-0.4, -0.2) is 46.9 Å². The molecule has 0 radical (unpaired) electrons. The minimum Gasteiger partial charge on any atom is -0.326 e. The zero-order chi connectivity index (χ0) is 20.7. The molecule has 1 aromatic carbocycles. The fourth-order valence-electron chi connectivity index (χ4n) is 3.58. The van der Waals surface area contributed by atoms with Gasteiger partial charge in [-0.3, -0.25) is 14.7 Å². The second kappa shape index (κ2) is 7.33. The van der Waals surface area contributed by atoms with Crippen molar-refractivity contribution in [1.29, 1.82) is 0 Å². The number of aromatic nitrogens is 2. The van der Waals surface area contributed by atoms with Gasteiger partial charge in [0.15, 0.2) is 0 Å². The lowest BCUT2D eigenvalue weighted by molar-refractivity contribution is 0.102. The molecular formula is C21H20ClN5O2. The lowest BCUT2D eigenvalue weighted by Crippen LogP contribution is -2.30. The number of aryl methyl sites for hydroxylation is 2. The highest BCUT2D eigenvalue weighted by atomic mass is 35.5. The van der Waals surface area contributed by atoms with Crippen molar-refractivity contribution >= 4 is 45.8 Å². The number of nitrogens with zero attached hydrogens (tertiary/aromatic N) is 4. The van der Waals surface area contributed by atoms with Crippen molar-refractivity contribution in [2.24, 2.45) is 0 Å². The average Bonchev–Trinajstić information content (AvgIpc) is 2.99. The van der Waals surface area contributed by atoms with Crippen molar-refractivity contribution in [1.82, 2.24) is 14.9 Å². The van der Waals surface area contributed by atoms with E-state index in [1.165, 1.54) is 6.07 Å². The number of fused-ring (bicyclic) bond motifs is 1. The van der Waals surface area contributed by atoms with E-state index in [9.17, 15) is 9.59 Å². The van der Waals surface area contributed by atoms with Gasteiger partial charge < -0.3 is 10.2 Å². The molecule has 3 amide bonds. The zero-order valence-electron chi connectivity index (χ0n) is 16.4. The van der Waals surface area contributed by atoms with Gasteiger partial charge in [-0.25, -0.2) is 9.78 Å². The monoisotopic (exact) mass is 409 g/mol. The number of para-hydroxylation sites is 1. The summed E-state index contributed by atoms with van der Waals surface area (Å²) >= 11 is 5.98. The summed E-state index contributed by atoms with van der Waals surface area (Å²) < 4.78 is 0. The number of amides is 3. The first-order chi connectivity index (χ1) is 13.8. The third-order valence-corrected chi connectivity index (χ3v) is 5.16. The van der Waals surface area contributed by atoms with Crippen LogP contribution in [0.3, 0.4) is 0 Å². The Bertz CT molecular complexity index is 1130. The summed E-state index contributed by atoms with van der Waals surface area (Å²) in [5.74, 6) is -0.300. The number of hydrogen-bond acceptors (Lipinski definition) is 4. The van der Waals surface area contributed by atoms with Gasteiger partial charge in [0.25, 0.3) is 5.91 Å². The van der Waals surface area contributed by atoms with Crippen LogP contribution in [0.2, 0.25) is 5.15 Å². The van der Waals surface area contributed by atoms with Crippen LogP contribution in [0.25, 0.3) is 10.9 Å². The fourth-order valence-corrected chi connectivity index (χ4v) is 3.83. The molecule has 0 bridgehead atoms. The van der Waals surface area contributed by atoms with E-state index in [1.807, 2.05) is 19.1 Å². The maximum atomic E-state index is 12.8. The quantitative estimate of drug-likeness (QED) is 0.662. The molecule has 4 rings (SSSR count). The summed E-state index contributed by atoms with van der Waals surface area (Å²) in [7, 11) is 1.79. The Balaban J connectivity index is 1.76. The van der Waals surface area contributed by atoms with Crippen LogP contribution in [0.4, 0.5) is 16.2 Å². The molecule has 1 aliphatic heterocycles. The van der Waals surface area contributed by atoms with Gasteiger partial charge in [-0.15, -0.1) is 0 Å². The summed E-state index contributed by atoms with van der Waals surface area (Å²) in [5, 5.41) is 3.99. The smallest absolute Gasteiger partial charge is 0.324 e. The number of hydrogen-bond donors (Lipinski definition) is 1. The van der Waals surface area contributed by atoms with Crippen molar-refractivity contribution in [3.8, 4) is 0 Å². The minimum atomic E-state index is -0.300. The molecule has 8 heteroatoms. The van der Waals surface area contributed by atoms with Gasteiger partial charge in [0, 0.05) is 43.0 Å². The highest BCUT2D eigenvalue weighted by Gasteiger charge is 2.29. The minimum absolute atomic E-state index is 0.0445. The number of carbonyl (C=O) groups excluding carboxylic acids is 2. The van der Waals surface area contributed by atoms with Crippen molar-refractivity contribution in [2.75, 3.05) is 30.4 Å². The molecule has 1 fully saturated rings. The first kappa shape index (κ1) is 19.1. The van der Waals surface area contributed by atoms with Crippen molar-refractivity contribution in [3.05, 3.63) is 58.5 Å². The lowest BCUT2D eigenvalue weighted by Gasteiger charge is -2.21. The van der Waals surface area contributed by atoms with E-state index in [2.05, 4.69) is 15.3 Å². The van der Waals surface area contributed by atoms with E-state index >= 15 is 0 Å². The zero-order valence-corrected chi connectivity index (χ0v) is 17.1. The number of urea groups is 1. The highest BCUT2D eigenvalue weighted by molar-refractivity contribution is 6.30. The average molecular weight is 410 g/mol. The summed E-state index contributed by atoms with van der Waals surface area (Å²) in [5.41, 5.74) is 4.00. The van der Waals surface area contributed by atoms with Gasteiger partial charge in [-0.1, -0.05) is 23.7 Å². The summed E-state index contributed by atoms with van der Waals surface area (Å²) in [6, 6.07) is 8.71. The molecular weight excluding hydrogens is 390 g/mol. The molecule has 7 nitrogen and oxygen atoms in total. The molecule has 3 aromatic rings. The first-order valence-electron chi connectivity index (χ1n) is 9.21. The van der Waals surface area contributed by atoms with Crippen LogP contribution < -0.4 is 10.2 Å². The number of nitrogens with one attached hydrogen (secondary N) is 1. The van der Waals surface area contributed by atoms with Gasteiger partial charge in [0.1, 0.15) is 5.15 Å². The van der Waals surface area contributed by atoms with Crippen LogP contribution in [0.5, 0.6) is 0 Å². The number of carbonyl (C=O) groups is 2. The normalized spacial score (nSPS) is 14.0. The Hall–Kier alpha value is -3.19. The van der Waals surface area contributed by atoms with E-state index in [1.54, 1.807) is 42.1 Å². The number of likely N-dealkylation sites (N-methyl/N-ethyl adjacent to an activating group) is 1. The van der Waals surface area contributed by atoms with Crippen molar-refractivity contribution in [2.45, 2.75) is 13.8 Å². The summed E-state index contributed by atoms with van der Waals surface area (Å²) in [6.45, 7) is 4.99. The number of benzene rings is 1. The van der Waals surface area contributed by atoms with Crippen molar-refractivity contribution in [3.63, 3.8) is 0 Å². The Morgan fingerprint density at radius 2 is 2.00 bits per heavy atom. The van der Waals surface area contributed by atoms with Gasteiger partial charge in [-0.05, 0) is 37.6 Å². The Labute approximate surface area is 173 Å². The second-order valence-electron chi connectivity index (χ2n) is 7.12.